The molecular weight excluding hydrogens is 284 g/mol. The van der Waals surface area contributed by atoms with Gasteiger partial charge in [0, 0.05) is 0 Å². The lowest BCUT2D eigenvalue weighted by Gasteiger charge is -2.06. The lowest BCUT2D eigenvalue weighted by Crippen LogP contribution is -2.37. The van der Waals surface area contributed by atoms with E-state index in [0.29, 0.717) is 4.57 Å². The second kappa shape index (κ2) is 5.49. The summed E-state index contributed by atoms with van der Waals surface area (Å²) in [5.74, 6) is -2.11. The van der Waals surface area contributed by atoms with Crippen molar-refractivity contribution in [2.75, 3.05) is 7.11 Å². The summed E-state index contributed by atoms with van der Waals surface area (Å²) in [4.78, 5) is 45.8. The number of methoxy groups -OCH3 is 1. The summed E-state index contributed by atoms with van der Waals surface area (Å²) in [7, 11) is 1.10. The third-order valence-corrected chi connectivity index (χ3v) is 2.54. The number of primary amides is 1. The maximum absolute atomic E-state index is 12.1. The van der Waals surface area contributed by atoms with Gasteiger partial charge in [0.15, 0.2) is 11.3 Å². The Balaban J connectivity index is 2.69. The lowest BCUT2D eigenvalue weighted by atomic mass is 10.2. The van der Waals surface area contributed by atoms with Crippen LogP contribution < -0.4 is 21.8 Å². The third kappa shape index (κ3) is 2.76. The minimum atomic E-state index is -1.09. The van der Waals surface area contributed by atoms with Crippen LogP contribution in [-0.4, -0.2) is 23.7 Å². The van der Waals surface area contributed by atoms with Crippen molar-refractivity contribution in [2.45, 2.75) is 6.54 Å². The first kappa shape index (κ1) is 14.3. The van der Waals surface area contributed by atoms with Crippen LogP contribution in [0.2, 0.25) is 0 Å². The van der Waals surface area contributed by atoms with Crippen molar-refractivity contribution in [2.24, 2.45) is 5.73 Å². The number of fused-ring (bicyclic) bond motifs is 1. The largest absolute Gasteiger partial charge is 0.513 e. The van der Waals surface area contributed by atoms with Crippen LogP contribution in [0.25, 0.3) is 11.0 Å². The summed E-state index contributed by atoms with van der Waals surface area (Å²) in [6, 6.07) is 4.08. The summed E-state index contributed by atoms with van der Waals surface area (Å²) in [5.41, 5.74) is 3.95. The quantitative estimate of drug-likeness (QED) is 0.601. The number of nitrogens with two attached hydrogens (primary N) is 1. The highest BCUT2D eigenvalue weighted by atomic mass is 16.7. The smallest absolute Gasteiger partial charge is 0.437 e. The molecule has 9 heteroatoms. The SMILES string of the molecule is COC(=O)Oc1cccc2c(=O)n(CC(N)=O)c(=O)oc12. The van der Waals surface area contributed by atoms with E-state index in [1.165, 1.54) is 18.2 Å². The molecule has 0 aliphatic carbocycles. The first-order valence-electron chi connectivity index (χ1n) is 5.65. The van der Waals surface area contributed by atoms with Gasteiger partial charge in [0.1, 0.15) is 6.54 Å². The normalized spacial score (nSPS) is 10.3. The molecule has 1 heterocycles. The number of benzene rings is 1. The fraction of sp³-hybridized carbons (Fsp3) is 0.167. The van der Waals surface area contributed by atoms with Crippen LogP contribution >= 0.6 is 0 Å². The lowest BCUT2D eigenvalue weighted by molar-refractivity contribution is -0.118. The van der Waals surface area contributed by atoms with Crippen LogP contribution in [0.4, 0.5) is 4.79 Å². The van der Waals surface area contributed by atoms with E-state index in [4.69, 9.17) is 14.9 Å². The van der Waals surface area contributed by atoms with Crippen molar-refractivity contribution in [3.8, 4) is 5.75 Å². The number of rotatable bonds is 3. The summed E-state index contributed by atoms with van der Waals surface area (Å²) in [5, 5.41) is -0.0442. The van der Waals surface area contributed by atoms with Crippen LogP contribution in [0, 0.1) is 0 Å². The minimum absolute atomic E-state index is 0.0442. The number of ether oxygens (including phenoxy) is 2. The Morgan fingerprint density at radius 2 is 2.05 bits per heavy atom. The standard InChI is InChI=1S/C12H10N2O7/c1-19-12(18)20-7-4-2-3-6-9(7)21-11(17)14(10(6)16)5-8(13)15/h2-4H,5H2,1H3,(H2,13,15). The number of carbonyl (C=O) groups excluding carboxylic acids is 2. The van der Waals surface area contributed by atoms with Gasteiger partial charge in [-0.2, -0.15) is 0 Å². The molecule has 0 fully saturated rings. The third-order valence-electron chi connectivity index (χ3n) is 2.54. The monoisotopic (exact) mass is 294 g/mol. The second-order valence-corrected chi connectivity index (χ2v) is 3.91. The van der Waals surface area contributed by atoms with Crippen molar-refractivity contribution in [3.63, 3.8) is 0 Å². The number of carbonyl (C=O) groups is 2. The molecule has 1 aromatic heterocycles. The van der Waals surface area contributed by atoms with E-state index in [9.17, 15) is 19.2 Å². The topological polar surface area (TPSA) is 131 Å². The van der Waals surface area contributed by atoms with E-state index in [1.807, 2.05) is 0 Å². The van der Waals surface area contributed by atoms with Gasteiger partial charge in [0.25, 0.3) is 5.56 Å². The molecule has 0 unspecified atom stereocenters. The van der Waals surface area contributed by atoms with E-state index in [-0.39, 0.29) is 16.7 Å². The Bertz CT molecular complexity index is 834. The molecule has 0 aliphatic rings. The van der Waals surface area contributed by atoms with Crippen molar-refractivity contribution < 1.29 is 23.5 Å². The average molecular weight is 294 g/mol. The van der Waals surface area contributed by atoms with E-state index >= 15 is 0 Å². The van der Waals surface area contributed by atoms with Gasteiger partial charge >= 0.3 is 11.9 Å². The van der Waals surface area contributed by atoms with E-state index < -0.39 is 29.9 Å². The number of amides is 1. The fourth-order valence-corrected chi connectivity index (χ4v) is 1.66. The molecule has 0 saturated heterocycles. The molecule has 2 N–H and O–H groups in total. The van der Waals surface area contributed by atoms with Gasteiger partial charge in [-0.25, -0.2) is 14.2 Å². The summed E-state index contributed by atoms with van der Waals surface area (Å²) < 4.78 is 14.6. The van der Waals surface area contributed by atoms with Gasteiger partial charge in [-0.15, -0.1) is 0 Å². The zero-order chi connectivity index (χ0) is 15.6. The molecule has 110 valence electrons. The fourth-order valence-electron chi connectivity index (χ4n) is 1.66. The highest BCUT2D eigenvalue weighted by Gasteiger charge is 2.16. The average Bonchev–Trinajstić information content (AvgIpc) is 2.44. The molecule has 0 aliphatic heterocycles. The van der Waals surface area contributed by atoms with Gasteiger partial charge in [0.05, 0.1) is 12.5 Å². The van der Waals surface area contributed by atoms with Crippen LogP contribution in [0.15, 0.2) is 32.2 Å². The van der Waals surface area contributed by atoms with Crippen LogP contribution in [0.1, 0.15) is 0 Å². The molecule has 2 aromatic rings. The Kier molecular flexibility index (Phi) is 3.74. The molecule has 2 rings (SSSR count). The summed E-state index contributed by atoms with van der Waals surface area (Å²) >= 11 is 0. The Hall–Kier alpha value is -3.10. The molecule has 0 spiro atoms. The van der Waals surface area contributed by atoms with Gasteiger partial charge in [-0.3, -0.25) is 9.59 Å². The zero-order valence-corrected chi connectivity index (χ0v) is 10.8. The predicted octanol–water partition coefficient (Wildman–Crippen LogP) is -0.415. The van der Waals surface area contributed by atoms with Crippen molar-refractivity contribution in [3.05, 3.63) is 39.1 Å². The molecule has 1 amide bonds. The van der Waals surface area contributed by atoms with Gasteiger partial charge < -0.3 is 19.6 Å². The van der Waals surface area contributed by atoms with Crippen LogP contribution in [0.5, 0.6) is 5.75 Å². The zero-order valence-electron chi connectivity index (χ0n) is 10.8. The first-order chi connectivity index (χ1) is 9.93. The molecular formula is C12H10N2O7. The second-order valence-electron chi connectivity index (χ2n) is 3.91. The molecule has 0 atom stereocenters. The van der Waals surface area contributed by atoms with Crippen molar-refractivity contribution in [1.82, 2.24) is 4.57 Å². The number of para-hydroxylation sites is 1. The number of hydrogen-bond acceptors (Lipinski definition) is 7. The van der Waals surface area contributed by atoms with Crippen molar-refractivity contribution in [1.29, 1.82) is 0 Å². The predicted molar refractivity (Wildman–Crippen MR) is 69.0 cm³/mol. The molecule has 1 aromatic carbocycles. The Morgan fingerprint density at radius 1 is 1.33 bits per heavy atom. The summed E-state index contributed by atoms with van der Waals surface area (Å²) in [6.07, 6.45) is -1.04. The number of aromatic nitrogens is 1. The van der Waals surface area contributed by atoms with Crippen LogP contribution in [0.3, 0.4) is 0 Å². The minimum Gasteiger partial charge on any atom is -0.437 e. The number of hydrogen-bond donors (Lipinski definition) is 1. The molecule has 0 bridgehead atoms. The first-order valence-corrected chi connectivity index (χ1v) is 5.65. The maximum atomic E-state index is 12.1. The molecule has 9 nitrogen and oxygen atoms in total. The Morgan fingerprint density at radius 3 is 2.67 bits per heavy atom. The highest BCUT2D eigenvalue weighted by molar-refractivity contribution is 5.84. The molecule has 0 radical (unpaired) electrons. The molecule has 21 heavy (non-hydrogen) atoms. The molecule has 0 saturated carbocycles. The maximum Gasteiger partial charge on any atom is 0.513 e. The van der Waals surface area contributed by atoms with Gasteiger partial charge in [-0.05, 0) is 12.1 Å². The van der Waals surface area contributed by atoms with Gasteiger partial charge in [0.2, 0.25) is 5.91 Å². The highest BCUT2D eigenvalue weighted by Crippen LogP contribution is 2.22. The van der Waals surface area contributed by atoms with Crippen LogP contribution in [-0.2, 0) is 16.1 Å². The van der Waals surface area contributed by atoms with Gasteiger partial charge in [-0.1, -0.05) is 6.07 Å². The number of nitrogens with zero attached hydrogens (tertiary/aromatic N) is 1. The Labute approximate surface area is 116 Å². The summed E-state index contributed by atoms with van der Waals surface area (Å²) in [6.45, 7) is -0.612. The van der Waals surface area contributed by atoms with E-state index in [2.05, 4.69) is 4.74 Å². The van der Waals surface area contributed by atoms with E-state index in [1.54, 1.807) is 0 Å². The van der Waals surface area contributed by atoms with E-state index in [0.717, 1.165) is 7.11 Å². The van der Waals surface area contributed by atoms with Crippen molar-refractivity contribution >= 4 is 23.0 Å².